The summed E-state index contributed by atoms with van der Waals surface area (Å²) in [6.45, 7) is 2.12. The third-order valence-corrected chi connectivity index (χ3v) is 4.21. The Morgan fingerprint density at radius 1 is 1.36 bits per heavy atom. The van der Waals surface area contributed by atoms with Gasteiger partial charge in [-0.15, -0.1) is 11.8 Å². The summed E-state index contributed by atoms with van der Waals surface area (Å²) in [5.74, 6) is -0.546. The molecule has 1 atom stereocenters. The number of nitrogens with one attached hydrogen (secondary N) is 2. The normalized spacial score (nSPS) is 16.2. The fourth-order valence-electron chi connectivity index (χ4n) is 2.19. The van der Waals surface area contributed by atoms with Crippen LogP contribution in [0.4, 0.5) is 4.79 Å². The van der Waals surface area contributed by atoms with Crippen LogP contribution in [0.25, 0.3) is 0 Å². The molecule has 0 aromatic heterocycles. The molecule has 0 aliphatic carbocycles. The lowest BCUT2D eigenvalue weighted by molar-refractivity contribution is -0.125. The zero-order chi connectivity index (χ0) is 16.1. The zero-order valence-corrected chi connectivity index (χ0v) is 13.4. The van der Waals surface area contributed by atoms with Gasteiger partial charge in [0.2, 0.25) is 11.8 Å². The molecule has 2 rings (SSSR count). The molecule has 0 bridgehead atoms. The van der Waals surface area contributed by atoms with Crippen LogP contribution in [0.15, 0.2) is 29.2 Å². The monoisotopic (exact) mass is 321 g/mol. The standard InChI is InChI=1S/C15H19N3O3S/c1-10(11-3-5-12(22-2)6-4-11)16-14(20)9-18-8-7-13(19)17-15(18)21/h3-6,10H,7-9H2,1-2H3,(H,16,20)(H,17,19,21)/t10-/m1/s1. The molecule has 6 nitrogen and oxygen atoms in total. The van der Waals surface area contributed by atoms with Crippen molar-refractivity contribution < 1.29 is 14.4 Å². The molecule has 1 aromatic carbocycles. The third kappa shape index (κ3) is 4.24. The second kappa shape index (κ2) is 7.31. The van der Waals surface area contributed by atoms with E-state index in [-0.39, 0.29) is 37.4 Å². The molecule has 7 heteroatoms. The van der Waals surface area contributed by atoms with Gasteiger partial charge in [0, 0.05) is 17.9 Å². The van der Waals surface area contributed by atoms with Gasteiger partial charge < -0.3 is 10.2 Å². The van der Waals surface area contributed by atoms with Gasteiger partial charge in [-0.1, -0.05) is 12.1 Å². The Morgan fingerprint density at radius 3 is 2.64 bits per heavy atom. The van der Waals surface area contributed by atoms with Crippen LogP contribution < -0.4 is 10.6 Å². The van der Waals surface area contributed by atoms with Gasteiger partial charge in [0.05, 0.1) is 6.04 Å². The summed E-state index contributed by atoms with van der Waals surface area (Å²) in [7, 11) is 0. The lowest BCUT2D eigenvalue weighted by Gasteiger charge is -2.26. The Labute approximate surface area is 133 Å². The van der Waals surface area contributed by atoms with E-state index in [4.69, 9.17) is 0 Å². The molecular weight excluding hydrogens is 302 g/mol. The van der Waals surface area contributed by atoms with E-state index < -0.39 is 6.03 Å². The van der Waals surface area contributed by atoms with Gasteiger partial charge in [-0.05, 0) is 30.9 Å². The van der Waals surface area contributed by atoms with E-state index in [1.54, 1.807) is 11.8 Å². The largest absolute Gasteiger partial charge is 0.348 e. The Balaban J connectivity index is 1.88. The molecule has 1 aliphatic rings. The van der Waals surface area contributed by atoms with E-state index in [0.717, 1.165) is 10.5 Å². The van der Waals surface area contributed by atoms with Gasteiger partial charge in [0.25, 0.3) is 0 Å². The molecule has 1 saturated heterocycles. The fourth-order valence-corrected chi connectivity index (χ4v) is 2.59. The zero-order valence-electron chi connectivity index (χ0n) is 12.6. The van der Waals surface area contributed by atoms with E-state index in [2.05, 4.69) is 10.6 Å². The number of rotatable bonds is 5. The Morgan fingerprint density at radius 2 is 2.05 bits per heavy atom. The van der Waals surface area contributed by atoms with Crippen molar-refractivity contribution in [1.29, 1.82) is 0 Å². The lowest BCUT2D eigenvalue weighted by Crippen LogP contribution is -2.52. The van der Waals surface area contributed by atoms with Crippen LogP contribution >= 0.6 is 11.8 Å². The Kier molecular flexibility index (Phi) is 5.43. The number of hydrogen-bond acceptors (Lipinski definition) is 4. The number of amides is 4. The molecule has 1 aliphatic heterocycles. The number of urea groups is 1. The number of imide groups is 1. The molecule has 2 N–H and O–H groups in total. The predicted octanol–water partition coefficient (Wildman–Crippen LogP) is 1.53. The topological polar surface area (TPSA) is 78.5 Å². The minimum atomic E-state index is -0.511. The van der Waals surface area contributed by atoms with E-state index >= 15 is 0 Å². The molecule has 118 valence electrons. The molecule has 0 radical (unpaired) electrons. The Hall–Kier alpha value is -2.02. The maximum absolute atomic E-state index is 12.0. The van der Waals surface area contributed by atoms with Crippen LogP contribution in [-0.2, 0) is 9.59 Å². The quantitative estimate of drug-likeness (QED) is 0.806. The highest BCUT2D eigenvalue weighted by molar-refractivity contribution is 7.98. The van der Waals surface area contributed by atoms with Crippen molar-refractivity contribution >= 4 is 29.6 Å². The second-order valence-corrected chi connectivity index (χ2v) is 5.97. The molecular formula is C15H19N3O3S. The van der Waals surface area contributed by atoms with Crippen molar-refractivity contribution in [3.8, 4) is 0 Å². The highest BCUT2D eigenvalue weighted by Gasteiger charge is 2.25. The van der Waals surface area contributed by atoms with Crippen molar-refractivity contribution in [2.45, 2.75) is 24.3 Å². The van der Waals surface area contributed by atoms with Crippen LogP contribution in [0, 0.1) is 0 Å². The van der Waals surface area contributed by atoms with E-state index in [0.29, 0.717) is 0 Å². The molecule has 4 amide bonds. The van der Waals surface area contributed by atoms with E-state index in [1.165, 1.54) is 4.90 Å². The summed E-state index contributed by atoms with van der Waals surface area (Å²) in [5, 5.41) is 5.06. The summed E-state index contributed by atoms with van der Waals surface area (Å²) >= 11 is 1.66. The van der Waals surface area contributed by atoms with Crippen molar-refractivity contribution in [3.63, 3.8) is 0 Å². The summed E-state index contributed by atoms with van der Waals surface area (Å²) in [6, 6.07) is 7.31. The van der Waals surface area contributed by atoms with E-state index in [1.807, 2.05) is 37.4 Å². The third-order valence-electron chi connectivity index (χ3n) is 3.47. The first-order valence-electron chi connectivity index (χ1n) is 7.01. The highest BCUT2D eigenvalue weighted by Crippen LogP contribution is 2.18. The summed E-state index contributed by atoms with van der Waals surface area (Å²) < 4.78 is 0. The maximum atomic E-state index is 12.0. The van der Waals surface area contributed by atoms with Gasteiger partial charge in [0.15, 0.2) is 0 Å². The predicted molar refractivity (Wildman–Crippen MR) is 84.5 cm³/mol. The van der Waals surface area contributed by atoms with Crippen LogP contribution in [0.3, 0.4) is 0 Å². The first kappa shape index (κ1) is 16.4. The van der Waals surface area contributed by atoms with E-state index in [9.17, 15) is 14.4 Å². The van der Waals surface area contributed by atoms with Crippen molar-refractivity contribution in [2.24, 2.45) is 0 Å². The van der Waals surface area contributed by atoms with Gasteiger partial charge in [-0.25, -0.2) is 4.79 Å². The maximum Gasteiger partial charge on any atom is 0.324 e. The molecule has 0 unspecified atom stereocenters. The van der Waals surface area contributed by atoms with Gasteiger partial charge in [0.1, 0.15) is 6.54 Å². The number of carbonyl (C=O) groups is 3. The number of nitrogens with zero attached hydrogens (tertiary/aromatic N) is 1. The van der Waals surface area contributed by atoms with Gasteiger partial charge in [-0.2, -0.15) is 0 Å². The molecule has 1 aromatic rings. The number of benzene rings is 1. The van der Waals surface area contributed by atoms with Crippen LogP contribution in [0.1, 0.15) is 24.9 Å². The molecule has 0 saturated carbocycles. The average Bonchev–Trinajstić information content (AvgIpc) is 2.50. The van der Waals surface area contributed by atoms with Crippen molar-refractivity contribution in [1.82, 2.24) is 15.5 Å². The van der Waals surface area contributed by atoms with Crippen molar-refractivity contribution in [3.05, 3.63) is 29.8 Å². The molecule has 1 heterocycles. The lowest BCUT2D eigenvalue weighted by atomic mass is 10.1. The average molecular weight is 321 g/mol. The van der Waals surface area contributed by atoms with Crippen LogP contribution in [-0.4, -0.2) is 42.1 Å². The SMILES string of the molecule is CSc1ccc([C@@H](C)NC(=O)CN2CCC(=O)NC2=O)cc1. The van der Waals surface area contributed by atoms with Crippen molar-refractivity contribution in [2.75, 3.05) is 19.3 Å². The number of hydrogen-bond donors (Lipinski definition) is 2. The highest BCUT2D eigenvalue weighted by atomic mass is 32.2. The Bertz CT molecular complexity index is 574. The fraction of sp³-hybridized carbons (Fsp3) is 0.400. The smallest absolute Gasteiger partial charge is 0.324 e. The van der Waals surface area contributed by atoms with Gasteiger partial charge >= 0.3 is 6.03 Å². The van der Waals surface area contributed by atoms with Crippen LogP contribution in [0.2, 0.25) is 0 Å². The minimum absolute atomic E-state index is 0.0493. The molecule has 22 heavy (non-hydrogen) atoms. The first-order chi connectivity index (χ1) is 10.5. The summed E-state index contributed by atoms with van der Waals surface area (Å²) in [5.41, 5.74) is 1.00. The second-order valence-electron chi connectivity index (χ2n) is 5.09. The van der Waals surface area contributed by atoms with Gasteiger partial charge in [-0.3, -0.25) is 14.9 Å². The molecule has 0 spiro atoms. The first-order valence-corrected chi connectivity index (χ1v) is 8.24. The number of carbonyl (C=O) groups excluding carboxylic acids is 3. The van der Waals surface area contributed by atoms with Crippen LogP contribution in [0.5, 0.6) is 0 Å². The molecule has 1 fully saturated rings. The summed E-state index contributed by atoms with van der Waals surface area (Å²) in [6.07, 6.45) is 2.24. The minimum Gasteiger partial charge on any atom is -0.348 e. The summed E-state index contributed by atoms with van der Waals surface area (Å²) in [4.78, 5) is 37.2. The number of thioether (sulfide) groups is 1.